The van der Waals surface area contributed by atoms with E-state index < -0.39 is 0 Å². The summed E-state index contributed by atoms with van der Waals surface area (Å²) in [6, 6.07) is 10.8. The van der Waals surface area contributed by atoms with E-state index in [1.165, 1.54) is 18.4 Å². The highest BCUT2D eigenvalue weighted by Crippen LogP contribution is 2.33. The van der Waals surface area contributed by atoms with Gasteiger partial charge in [-0.05, 0) is 56.2 Å². The van der Waals surface area contributed by atoms with Gasteiger partial charge in [0.15, 0.2) is 5.65 Å². The Morgan fingerprint density at radius 3 is 2.61 bits per heavy atom. The summed E-state index contributed by atoms with van der Waals surface area (Å²) >= 11 is 0. The van der Waals surface area contributed by atoms with Gasteiger partial charge in [0.25, 0.3) is 0 Å². The zero-order chi connectivity index (χ0) is 19.5. The smallest absolute Gasteiger partial charge is 0.177 e. The van der Waals surface area contributed by atoms with E-state index >= 15 is 0 Å². The van der Waals surface area contributed by atoms with Crippen LogP contribution in [0.4, 0.5) is 17.2 Å². The van der Waals surface area contributed by atoms with Crippen molar-refractivity contribution < 1.29 is 0 Å². The maximum absolute atomic E-state index is 6.05. The van der Waals surface area contributed by atoms with E-state index in [1.807, 2.05) is 12.3 Å². The molecule has 0 amide bonds. The van der Waals surface area contributed by atoms with Crippen molar-refractivity contribution in [2.45, 2.75) is 63.8 Å². The lowest BCUT2D eigenvalue weighted by atomic mass is 9.85. The molecule has 5 N–H and O–H groups in total. The van der Waals surface area contributed by atoms with Crippen LogP contribution >= 0.6 is 0 Å². The third kappa shape index (κ3) is 4.12. The van der Waals surface area contributed by atoms with E-state index in [9.17, 15) is 0 Å². The molecule has 0 aliphatic heterocycles. The van der Waals surface area contributed by atoms with E-state index in [-0.39, 0.29) is 0 Å². The van der Waals surface area contributed by atoms with Crippen molar-refractivity contribution in [1.29, 1.82) is 0 Å². The minimum Gasteiger partial charge on any atom is -0.382 e. The zero-order valence-electron chi connectivity index (χ0n) is 16.6. The molecule has 0 radical (unpaired) electrons. The molecule has 1 aliphatic rings. The first-order valence-corrected chi connectivity index (χ1v) is 10.4. The third-order valence-corrected chi connectivity index (χ3v) is 5.70. The molecule has 0 unspecified atom stereocenters. The SMILES string of the molecule is CCCCc1ccc(Nc2cc(N)nn3cc(C4CCC(N)CC4)nc23)cc1. The minimum atomic E-state index is 0.333. The van der Waals surface area contributed by atoms with E-state index in [4.69, 9.17) is 16.5 Å². The number of unbranched alkanes of at least 4 members (excludes halogenated alkanes) is 1. The molecule has 1 fully saturated rings. The second-order valence-electron chi connectivity index (χ2n) is 7.95. The predicted octanol–water partition coefficient (Wildman–Crippen LogP) is 4.38. The van der Waals surface area contributed by atoms with E-state index in [0.717, 1.165) is 54.8 Å². The number of nitrogens with one attached hydrogen (secondary N) is 1. The lowest BCUT2D eigenvalue weighted by Crippen LogP contribution is -2.25. The molecular weight excluding hydrogens is 348 g/mol. The summed E-state index contributed by atoms with van der Waals surface area (Å²) in [7, 11) is 0. The van der Waals surface area contributed by atoms with Crippen LogP contribution in [0.2, 0.25) is 0 Å². The van der Waals surface area contributed by atoms with Crippen molar-refractivity contribution in [3.8, 4) is 0 Å². The number of hydrogen-bond acceptors (Lipinski definition) is 5. The number of nitrogen functional groups attached to an aromatic ring is 1. The highest BCUT2D eigenvalue weighted by atomic mass is 15.3. The van der Waals surface area contributed by atoms with Crippen molar-refractivity contribution in [2.24, 2.45) is 5.73 Å². The summed E-state index contributed by atoms with van der Waals surface area (Å²) in [5.41, 5.74) is 17.3. The first-order valence-electron chi connectivity index (χ1n) is 10.4. The Bertz CT molecular complexity index is 922. The Balaban J connectivity index is 1.58. The Morgan fingerprint density at radius 1 is 1.14 bits per heavy atom. The molecule has 2 aromatic heterocycles. The molecule has 4 rings (SSSR count). The van der Waals surface area contributed by atoms with Crippen LogP contribution in [0.15, 0.2) is 36.5 Å². The number of nitrogens with two attached hydrogens (primary N) is 2. The van der Waals surface area contributed by atoms with Crippen LogP contribution in [-0.4, -0.2) is 20.6 Å². The number of benzene rings is 1. The van der Waals surface area contributed by atoms with Gasteiger partial charge in [-0.25, -0.2) is 9.50 Å². The van der Waals surface area contributed by atoms with Gasteiger partial charge in [-0.2, -0.15) is 0 Å². The van der Waals surface area contributed by atoms with E-state index in [1.54, 1.807) is 4.52 Å². The summed E-state index contributed by atoms with van der Waals surface area (Å²) in [6.45, 7) is 2.22. The van der Waals surface area contributed by atoms with Crippen molar-refractivity contribution in [1.82, 2.24) is 14.6 Å². The fraction of sp³-hybridized carbons (Fsp3) is 0.455. The summed E-state index contributed by atoms with van der Waals surface area (Å²) in [5.74, 6) is 0.928. The molecule has 0 spiro atoms. The number of rotatable bonds is 6. The molecule has 0 saturated heterocycles. The first kappa shape index (κ1) is 18.7. The molecule has 2 heterocycles. The van der Waals surface area contributed by atoms with Crippen LogP contribution in [0, 0.1) is 0 Å². The number of hydrogen-bond donors (Lipinski definition) is 3. The van der Waals surface area contributed by atoms with Crippen molar-refractivity contribution in [2.75, 3.05) is 11.1 Å². The molecule has 0 atom stereocenters. The molecule has 1 saturated carbocycles. The van der Waals surface area contributed by atoms with Gasteiger partial charge in [0.05, 0.1) is 17.6 Å². The molecule has 1 aliphatic carbocycles. The lowest BCUT2D eigenvalue weighted by molar-refractivity contribution is 0.391. The van der Waals surface area contributed by atoms with Gasteiger partial charge in [-0.15, -0.1) is 5.10 Å². The fourth-order valence-electron chi connectivity index (χ4n) is 4.01. The first-order chi connectivity index (χ1) is 13.6. The monoisotopic (exact) mass is 378 g/mol. The Kier molecular flexibility index (Phi) is 5.48. The van der Waals surface area contributed by atoms with Gasteiger partial charge in [-0.1, -0.05) is 25.5 Å². The Morgan fingerprint density at radius 2 is 1.89 bits per heavy atom. The van der Waals surface area contributed by atoms with Crippen LogP contribution in [0.3, 0.4) is 0 Å². The maximum Gasteiger partial charge on any atom is 0.177 e. The third-order valence-electron chi connectivity index (χ3n) is 5.70. The van der Waals surface area contributed by atoms with Gasteiger partial charge in [0.1, 0.15) is 5.82 Å². The Hall–Kier alpha value is -2.60. The molecule has 6 nitrogen and oxygen atoms in total. The fourth-order valence-corrected chi connectivity index (χ4v) is 4.01. The highest BCUT2D eigenvalue weighted by Gasteiger charge is 2.23. The predicted molar refractivity (Wildman–Crippen MR) is 115 cm³/mol. The number of aromatic nitrogens is 3. The number of imidazole rings is 1. The van der Waals surface area contributed by atoms with E-state index in [0.29, 0.717) is 17.8 Å². The molecule has 148 valence electrons. The Labute approximate surface area is 166 Å². The lowest BCUT2D eigenvalue weighted by Gasteiger charge is -2.24. The summed E-state index contributed by atoms with van der Waals surface area (Å²) in [6.07, 6.45) is 9.86. The largest absolute Gasteiger partial charge is 0.382 e. The molecule has 28 heavy (non-hydrogen) atoms. The molecule has 3 aromatic rings. The second kappa shape index (κ2) is 8.19. The number of aryl methyl sites for hydroxylation is 1. The summed E-state index contributed by atoms with van der Waals surface area (Å²) < 4.78 is 1.80. The average Bonchev–Trinajstić information content (AvgIpc) is 3.12. The highest BCUT2D eigenvalue weighted by molar-refractivity contribution is 5.75. The van der Waals surface area contributed by atoms with Crippen molar-refractivity contribution in [3.63, 3.8) is 0 Å². The minimum absolute atomic E-state index is 0.333. The van der Waals surface area contributed by atoms with Crippen LogP contribution < -0.4 is 16.8 Å². The standard InChI is InChI=1S/C22H30N6/c1-2-3-4-15-5-11-18(12-6-15)25-19-13-21(24)27-28-14-20(26-22(19)28)16-7-9-17(23)10-8-16/h5-6,11-14,16-17,25H,2-4,7-10,23H2,1H3,(H2,24,27). The van der Waals surface area contributed by atoms with Crippen LogP contribution in [-0.2, 0) is 6.42 Å². The number of fused-ring (bicyclic) bond motifs is 1. The van der Waals surface area contributed by atoms with Gasteiger partial charge in [0.2, 0.25) is 0 Å². The molecule has 0 bridgehead atoms. The van der Waals surface area contributed by atoms with Crippen molar-refractivity contribution in [3.05, 3.63) is 47.8 Å². The van der Waals surface area contributed by atoms with Gasteiger partial charge in [-0.3, -0.25) is 0 Å². The zero-order valence-corrected chi connectivity index (χ0v) is 16.6. The topological polar surface area (TPSA) is 94.3 Å². The van der Waals surface area contributed by atoms with E-state index in [2.05, 4.69) is 41.6 Å². The summed E-state index contributed by atoms with van der Waals surface area (Å²) in [4.78, 5) is 4.90. The number of nitrogens with zero attached hydrogens (tertiary/aromatic N) is 3. The molecule has 6 heteroatoms. The molecule has 1 aromatic carbocycles. The quantitative estimate of drug-likeness (QED) is 0.592. The average molecular weight is 379 g/mol. The maximum atomic E-state index is 6.05. The van der Waals surface area contributed by atoms with Gasteiger partial charge < -0.3 is 16.8 Å². The van der Waals surface area contributed by atoms with Crippen molar-refractivity contribution >= 4 is 22.8 Å². The second-order valence-corrected chi connectivity index (χ2v) is 7.95. The summed E-state index contributed by atoms with van der Waals surface area (Å²) in [5, 5.41) is 7.89. The normalized spacial score (nSPS) is 19.8. The van der Waals surface area contributed by atoms with Crippen LogP contribution in [0.25, 0.3) is 5.65 Å². The van der Waals surface area contributed by atoms with Gasteiger partial charge >= 0.3 is 0 Å². The van der Waals surface area contributed by atoms with Crippen LogP contribution in [0.5, 0.6) is 0 Å². The van der Waals surface area contributed by atoms with Gasteiger partial charge in [0, 0.05) is 23.7 Å². The van der Waals surface area contributed by atoms with Crippen LogP contribution in [0.1, 0.15) is 62.6 Å². The molecular formula is C22H30N6. The number of anilines is 3.